The van der Waals surface area contributed by atoms with Gasteiger partial charge in [-0.3, -0.25) is 4.90 Å². The van der Waals surface area contributed by atoms with E-state index in [1.54, 1.807) is 6.07 Å². The van der Waals surface area contributed by atoms with Gasteiger partial charge >= 0.3 is 0 Å². The van der Waals surface area contributed by atoms with Gasteiger partial charge in [0.05, 0.1) is 59.8 Å². The lowest BCUT2D eigenvalue weighted by Crippen LogP contribution is -2.63. The maximum atomic E-state index is 9.76. The van der Waals surface area contributed by atoms with Crippen LogP contribution in [0.5, 0.6) is 0 Å². The summed E-state index contributed by atoms with van der Waals surface area (Å²) in [6.07, 6.45) is 5.75. The molecule has 0 amide bonds. The van der Waals surface area contributed by atoms with Crippen molar-refractivity contribution >= 4 is 34.7 Å². The third kappa shape index (κ3) is 4.37. The van der Waals surface area contributed by atoms with Crippen molar-refractivity contribution in [2.45, 2.75) is 49.6 Å². The van der Waals surface area contributed by atoms with Crippen molar-refractivity contribution in [2.75, 3.05) is 36.9 Å². The lowest BCUT2D eigenvalue weighted by atomic mass is 9.83. The molecule has 0 radical (unpaired) electrons. The van der Waals surface area contributed by atoms with Crippen molar-refractivity contribution in [1.82, 2.24) is 24.5 Å². The van der Waals surface area contributed by atoms with Gasteiger partial charge in [0.1, 0.15) is 6.07 Å². The molecule has 2 N–H and O–H groups in total. The number of halogens is 1. The topological polar surface area (TPSA) is 151 Å². The summed E-state index contributed by atoms with van der Waals surface area (Å²) in [5.41, 5.74) is 2.52. The number of rotatable bonds is 7. The van der Waals surface area contributed by atoms with Crippen molar-refractivity contribution in [2.24, 2.45) is 0 Å². The molecular weight excluding hydrogens is 504 g/mol. The molecule has 3 fully saturated rings. The quantitative estimate of drug-likeness (QED) is 0.464. The fourth-order valence-corrected chi connectivity index (χ4v) is 5.61. The van der Waals surface area contributed by atoms with E-state index in [0.717, 1.165) is 44.3 Å². The molecule has 1 saturated carbocycles. The number of nitriles is 3. The van der Waals surface area contributed by atoms with Crippen LogP contribution >= 0.6 is 11.6 Å². The van der Waals surface area contributed by atoms with E-state index in [-0.39, 0.29) is 17.4 Å². The first kappa shape index (κ1) is 24.4. The van der Waals surface area contributed by atoms with E-state index in [0.29, 0.717) is 59.1 Å². The minimum atomic E-state index is -0.178. The molecule has 6 rings (SSSR count). The Labute approximate surface area is 224 Å². The molecule has 3 aromatic rings. The minimum Gasteiger partial charge on any atom is -0.377 e. The van der Waals surface area contributed by atoms with E-state index in [4.69, 9.17) is 16.3 Å². The van der Waals surface area contributed by atoms with Crippen molar-refractivity contribution in [3.8, 4) is 18.2 Å². The average Bonchev–Trinajstić information content (AvgIpc) is 3.63. The number of ether oxygens (including phenoxy) is 1. The number of hydrogen-bond acceptors (Lipinski definition) is 10. The molecule has 12 heteroatoms. The van der Waals surface area contributed by atoms with Gasteiger partial charge in [0.2, 0.25) is 5.95 Å². The van der Waals surface area contributed by atoms with E-state index < -0.39 is 0 Å². The Balaban J connectivity index is 1.28. The first-order valence-electron chi connectivity index (χ1n) is 12.7. The van der Waals surface area contributed by atoms with E-state index in [1.807, 2.05) is 6.07 Å². The van der Waals surface area contributed by atoms with Gasteiger partial charge in [-0.05, 0) is 62.4 Å². The number of nitrogens with zero attached hydrogens (tertiary/aromatic N) is 8. The third-order valence-corrected chi connectivity index (χ3v) is 8.05. The number of piperidine rings is 1. The molecule has 2 saturated heterocycles. The van der Waals surface area contributed by atoms with Crippen LogP contribution in [0.1, 0.15) is 54.8 Å². The van der Waals surface area contributed by atoms with Crippen LogP contribution in [0, 0.1) is 34.0 Å². The van der Waals surface area contributed by atoms with Crippen LogP contribution in [0.25, 0.3) is 5.65 Å². The van der Waals surface area contributed by atoms with E-state index in [1.165, 1.54) is 10.7 Å². The summed E-state index contributed by atoms with van der Waals surface area (Å²) in [7, 11) is 0. The van der Waals surface area contributed by atoms with Crippen LogP contribution in [0.15, 0.2) is 18.3 Å². The van der Waals surface area contributed by atoms with Gasteiger partial charge in [-0.25, -0.2) is 4.98 Å². The lowest BCUT2D eigenvalue weighted by molar-refractivity contribution is -0.143. The molecule has 1 aromatic carbocycles. The Hall–Kier alpha value is -3.95. The molecule has 3 aliphatic rings. The number of aromatic nitrogens is 4. The molecule has 2 aromatic heterocycles. The fourth-order valence-electron chi connectivity index (χ4n) is 5.29. The third-order valence-electron chi connectivity index (χ3n) is 7.63. The van der Waals surface area contributed by atoms with Gasteiger partial charge in [-0.1, -0.05) is 11.6 Å². The summed E-state index contributed by atoms with van der Waals surface area (Å²) in [5.74, 6) is 0.955. The smallest absolute Gasteiger partial charge is 0.247 e. The molecule has 38 heavy (non-hydrogen) atoms. The molecule has 4 heterocycles. The van der Waals surface area contributed by atoms with Gasteiger partial charge < -0.3 is 15.4 Å². The van der Waals surface area contributed by atoms with Gasteiger partial charge in [0.25, 0.3) is 0 Å². The average molecular weight is 529 g/mol. The lowest BCUT2D eigenvalue weighted by Gasteiger charge is -2.51. The van der Waals surface area contributed by atoms with Gasteiger partial charge in [0.15, 0.2) is 17.2 Å². The van der Waals surface area contributed by atoms with Gasteiger partial charge in [-0.2, -0.15) is 25.3 Å². The van der Waals surface area contributed by atoms with E-state index >= 15 is 0 Å². The monoisotopic (exact) mass is 528 g/mol. The number of imidazole rings is 1. The van der Waals surface area contributed by atoms with Crippen molar-refractivity contribution in [1.29, 1.82) is 15.8 Å². The maximum Gasteiger partial charge on any atom is 0.247 e. The van der Waals surface area contributed by atoms with Crippen LogP contribution in [0.2, 0.25) is 5.02 Å². The Morgan fingerprint density at radius 3 is 2.53 bits per heavy atom. The Morgan fingerprint density at radius 1 is 1.11 bits per heavy atom. The Morgan fingerprint density at radius 2 is 1.89 bits per heavy atom. The molecule has 0 atom stereocenters. The number of nitrogens with one attached hydrogen (secondary N) is 2. The SMILES string of the molecule is N#CCC1(N2CCC(c3cc(C#N)cc(Nc4nc(NC5CC5)c5ncc(C#N)n5n4)c3Cl)CC2)COC1. The predicted molar refractivity (Wildman–Crippen MR) is 139 cm³/mol. The predicted octanol–water partition coefficient (Wildman–Crippen LogP) is 3.70. The highest BCUT2D eigenvalue weighted by molar-refractivity contribution is 6.34. The van der Waals surface area contributed by atoms with Crippen molar-refractivity contribution in [3.63, 3.8) is 0 Å². The number of likely N-dealkylation sites (tertiary alicyclic amines) is 1. The number of hydrogen-bond donors (Lipinski definition) is 2. The normalized spacial score (nSPS) is 19.2. The van der Waals surface area contributed by atoms with Gasteiger partial charge in [-0.15, -0.1) is 5.10 Å². The van der Waals surface area contributed by atoms with Crippen LogP contribution < -0.4 is 10.6 Å². The van der Waals surface area contributed by atoms with Crippen LogP contribution in [-0.2, 0) is 4.74 Å². The zero-order chi connectivity index (χ0) is 26.3. The summed E-state index contributed by atoms with van der Waals surface area (Å²) >= 11 is 6.93. The molecule has 11 nitrogen and oxygen atoms in total. The van der Waals surface area contributed by atoms with E-state index in [2.05, 4.69) is 48.8 Å². The summed E-state index contributed by atoms with van der Waals surface area (Å²) in [4.78, 5) is 11.3. The molecular formula is C26H25ClN10O. The molecule has 2 aliphatic heterocycles. The first-order valence-corrected chi connectivity index (χ1v) is 13.0. The largest absolute Gasteiger partial charge is 0.377 e. The van der Waals surface area contributed by atoms with Crippen molar-refractivity contribution < 1.29 is 4.74 Å². The molecule has 1 aliphatic carbocycles. The molecule has 0 unspecified atom stereocenters. The number of fused-ring (bicyclic) bond motifs is 1. The fraction of sp³-hybridized carbons (Fsp3) is 0.462. The van der Waals surface area contributed by atoms with Crippen molar-refractivity contribution in [3.05, 3.63) is 40.2 Å². The zero-order valence-corrected chi connectivity index (χ0v) is 21.4. The summed E-state index contributed by atoms with van der Waals surface area (Å²) in [5, 5.41) is 40.1. The minimum absolute atomic E-state index is 0.169. The highest BCUT2D eigenvalue weighted by Gasteiger charge is 2.45. The number of anilines is 3. The van der Waals surface area contributed by atoms with Crippen LogP contribution in [0.3, 0.4) is 0 Å². The van der Waals surface area contributed by atoms with Gasteiger partial charge in [0, 0.05) is 6.04 Å². The highest BCUT2D eigenvalue weighted by atomic mass is 35.5. The second-order valence-electron chi connectivity index (χ2n) is 10.2. The Kier molecular flexibility index (Phi) is 6.25. The maximum absolute atomic E-state index is 9.76. The summed E-state index contributed by atoms with van der Waals surface area (Å²) in [6, 6.07) is 10.5. The highest BCUT2D eigenvalue weighted by Crippen LogP contribution is 2.41. The van der Waals surface area contributed by atoms with Crippen LogP contribution in [0.4, 0.5) is 17.5 Å². The summed E-state index contributed by atoms with van der Waals surface area (Å²) < 4.78 is 6.91. The second-order valence-corrected chi connectivity index (χ2v) is 10.5. The first-order chi connectivity index (χ1) is 18.5. The summed E-state index contributed by atoms with van der Waals surface area (Å²) in [6.45, 7) is 2.85. The van der Waals surface area contributed by atoms with Crippen LogP contribution in [-0.4, -0.2) is 62.4 Å². The molecule has 192 valence electrons. The molecule has 0 spiro atoms. The zero-order valence-electron chi connectivity index (χ0n) is 20.6. The molecule has 0 bridgehead atoms. The number of benzene rings is 1. The standard InChI is InChI=1S/C26H25ClN10O/c27-22-20(17-3-7-36(8-4-17)26(5-6-28)14-38-15-26)9-16(11-29)10-21(22)33-25-34-23(32-18-1-2-18)24-31-13-19(12-30)37(24)35-25/h9-10,13,17-18H,1-5,7-8,14-15H2,(H2,32,33,34,35). The Bertz CT molecular complexity index is 1510. The van der Waals surface area contributed by atoms with E-state index in [9.17, 15) is 15.8 Å². The second kappa shape index (κ2) is 9.74.